The summed E-state index contributed by atoms with van der Waals surface area (Å²) in [5.41, 5.74) is 0. The van der Waals surface area contributed by atoms with E-state index in [0.29, 0.717) is 12.3 Å². The van der Waals surface area contributed by atoms with Crippen LogP contribution >= 0.6 is 11.8 Å². The fourth-order valence-corrected chi connectivity index (χ4v) is 3.14. The fourth-order valence-electron chi connectivity index (χ4n) is 2.34. The van der Waals surface area contributed by atoms with Gasteiger partial charge in [0, 0.05) is 17.7 Å². The molecule has 1 heterocycles. The Bertz CT molecular complexity index is 227. The van der Waals surface area contributed by atoms with Crippen molar-refractivity contribution in [1.82, 2.24) is 10.6 Å². The predicted octanol–water partition coefficient (Wildman–Crippen LogP) is 2.02. The molecule has 3 nitrogen and oxygen atoms in total. The normalized spacial score (nSPS) is 20.5. The van der Waals surface area contributed by atoms with Crippen molar-refractivity contribution in [2.45, 2.75) is 44.3 Å². The topological polar surface area (TPSA) is 41.1 Å². The molecular weight excluding hydrogens is 232 g/mol. The lowest BCUT2D eigenvalue weighted by Crippen LogP contribution is -2.40. The van der Waals surface area contributed by atoms with Crippen LogP contribution in [0.1, 0.15) is 39.5 Å². The number of hydrogen-bond acceptors (Lipinski definition) is 3. The van der Waals surface area contributed by atoms with Gasteiger partial charge in [0.15, 0.2) is 0 Å². The van der Waals surface area contributed by atoms with E-state index in [4.69, 9.17) is 0 Å². The van der Waals surface area contributed by atoms with Gasteiger partial charge in [0.2, 0.25) is 5.91 Å². The van der Waals surface area contributed by atoms with Crippen LogP contribution in [-0.2, 0) is 4.79 Å². The SMILES string of the molecule is CCC(CC)(CNC(=O)CC1CCNC1)SC. The molecule has 0 bridgehead atoms. The molecule has 0 saturated carbocycles. The second-order valence-corrected chi connectivity index (χ2v) is 6.21. The van der Waals surface area contributed by atoms with E-state index in [-0.39, 0.29) is 10.7 Å². The number of hydrogen-bond donors (Lipinski definition) is 2. The van der Waals surface area contributed by atoms with Crippen molar-refractivity contribution in [3.8, 4) is 0 Å². The third-order valence-electron chi connectivity index (χ3n) is 3.97. The third-order valence-corrected chi connectivity index (χ3v) is 5.55. The van der Waals surface area contributed by atoms with Gasteiger partial charge < -0.3 is 10.6 Å². The van der Waals surface area contributed by atoms with Crippen LogP contribution in [0, 0.1) is 5.92 Å². The summed E-state index contributed by atoms with van der Waals surface area (Å²) in [5, 5.41) is 6.42. The van der Waals surface area contributed by atoms with Crippen LogP contribution in [0.4, 0.5) is 0 Å². The Hall–Kier alpha value is -0.220. The summed E-state index contributed by atoms with van der Waals surface area (Å²) in [6.07, 6.45) is 6.18. The molecule has 1 atom stereocenters. The predicted molar refractivity (Wildman–Crippen MR) is 75.4 cm³/mol. The largest absolute Gasteiger partial charge is 0.355 e. The van der Waals surface area contributed by atoms with Crippen LogP contribution in [0.3, 0.4) is 0 Å². The van der Waals surface area contributed by atoms with Gasteiger partial charge in [-0.15, -0.1) is 0 Å². The fraction of sp³-hybridized carbons (Fsp3) is 0.923. The van der Waals surface area contributed by atoms with Crippen molar-refractivity contribution in [3.63, 3.8) is 0 Å². The van der Waals surface area contributed by atoms with E-state index < -0.39 is 0 Å². The Morgan fingerprint density at radius 3 is 2.65 bits per heavy atom. The van der Waals surface area contributed by atoms with Gasteiger partial charge in [-0.3, -0.25) is 4.79 Å². The molecule has 17 heavy (non-hydrogen) atoms. The molecule has 2 N–H and O–H groups in total. The number of carbonyl (C=O) groups excluding carboxylic acids is 1. The van der Waals surface area contributed by atoms with Crippen LogP contribution in [0.2, 0.25) is 0 Å². The average Bonchev–Trinajstić information content (AvgIpc) is 2.84. The summed E-state index contributed by atoms with van der Waals surface area (Å²) >= 11 is 1.88. The lowest BCUT2D eigenvalue weighted by Gasteiger charge is -2.30. The minimum atomic E-state index is 0.221. The number of rotatable bonds is 7. The van der Waals surface area contributed by atoms with E-state index in [1.165, 1.54) is 0 Å². The molecule has 1 aliphatic heterocycles. The van der Waals surface area contributed by atoms with Crippen molar-refractivity contribution in [2.24, 2.45) is 5.92 Å². The van der Waals surface area contributed by atoms with Gasteiger partial charge in [-0.05, 0) is 44.5 Å². The highest BCUT2D eigenvalue weighted by atomic mass is 32.2. The standard InChI is InChI=1S/C13H26N2OS/c1-4-13(5-2,17-3)10-15-12(16)8-11-6-7-14-9-11/h11,14H,4-10H2,1-3H3,(H,15,16). The van der Waals surface area contributed by atoms with Gasteiger partial charge in [-0.2, -0.15) is 11.8 Å². The van der Waals surface area contributed by atoms with E-state index in [0.717, 1.165) is 38.9 Å². The molecule has 0 spiro atoms. The molecule has 4 heteroatoms. The molecule has 0 aliphatic carbocycles. The van der Waals surface area contributed by atoms with Gasteiger partial charge in [-0.25, -0.2) is 0 Å². The minimum absolute atomic E-state index is 0.221. The highest BCUT2D eigenvalue weighted by Crippen LogP contribution is 2.29. The lowest BCUT2D eigenvalue weighted by molar-refractivity contribution is -0.122. The molecule has 100 valence electrons. The molecule has 0 aromatic heterocycles. The summed E-state index contributed by atoms with van der Waals surface area (Å²) in [7, 11) is 0. The number of thioether (sulfide) groups is 1. The van der Waals surface area contributed by atoms with Crippen LogP contribution in [0.5, 0.6) is 0 Å². The van der Waals surface area contributed by atoms with Crippen LogP contribution in [0.25, 0.3) is 0 Å². The maximum Gasteiger partial charge on any atom is 0.220 e. The van der Waals surface area contributed by atoms with Gasteiger partial charge >= 0.3 is 0 Å². The van der Waals surface area contributed by atoms with E-state index in [1.807, 2.05) is 11.8 Å². The van der Waals surface area contributed by atoms with Crippen LogP contribution < -0.4 is 10.6 Å². The first-order valence-corrected chi connectivity index (χ1v) is 7.91. The van der Waals surface area contributed by atoms with Crippen molar-refractivity contribution >= 4 is 17.7 Å². The van der Waals surface area contributed by atoms with Crippen molar-refractivity contribution < 1.29 is 4.79 Å². The van der Waals surface area contributed by atoms with E-state index in [1.54, 1.807) is 0 Å². The Kier molecular flexibility index (Phi) is 6.34. The van der Waals surface area contributed by atoms with E-state index in [2.05, 4.69) is 30.7 Å². The van der Waals surface area contributed by atoms with Gasteiger partial charge in [0.25, 0.3) is 0 Å². The Balaban J connectivity index is 2.30. The molecule has 1 rings (SSSR count). The highest BCUT2D eigenvalue weighted by molar-refractivity contribution is 8.00. The second kappa shape index (κ2) is 7.27. The van der Waals surface area contributed by atoms with Crippen LogP contribution in [-0.4, -0.2) is 36.5 Å². The smallest absolute Gasteiger partial charge is 0.220 e. The van der Waals surface area contributed by atoms with E-state index in [9.17, 15) is 4.79 Å². The maximum absolute atomic E-state index is 11.8. The van der Waals surface area contributed by atoms with Crippen molar-refractivity contribution in [2.75, 3.05) is 25.9 Å². The zero-order chi connectivity index (χ0) is 12.7. The Morgan fingerprint density at radius 2 is 2.18 bits per heavy atom. The highest BCUT2D eigenvalue weighted by Gasteiger charge is 2.26. The first-order valence-electron chi connectivity index (χ1n) is 6.68. The number of carbonyl (C=O) groups is 1. The van der Waals surface area contributed by atoms with Gasteiger partial charge in [-0.1, -0.05) is 13.8 Å². The molecule has 1 unspecified atom stereocenters. The first-order chi connectivity index (χ1) is 8.15. The zero-order valence-electron chi connectivity index (χ0n) is 11.3. The van der Waals surface area contributed by atoms with E-state index >= 15 is 0 Å². The quantitative estimate of drug-likeness (QED) is 0.734. The monoisotopic (exact) mass is 258 g/mol. The lowest BCUT2D eigenvalue weighted by atomic mass is 10.0. The summed E-state index contributed by atoms with van der Waals surface area (Å²) in [6, 6.07) is 0. The van der Waals surface area contributed by atoms with Gasteiger partial charge in [0.1, 0.15) is 0 Å². The number of nitrogens with one attached hydrogen (secondary N) is 2. The van der Waals surface area contributed by atoms with Crippen molar-refractivity contribution in [1.29, 1.82) is 0 Å². The summed E-state index contributed by atoms with van der Waals surface area (Å²) < 4.78 is 0.226. The summed E-state index contributed by atoms with van der Waals surface area (Å²) in [6.45, 7) is 7.28. The summed E-state index contributed by atoms with van der Waals surface area (Å²) in [5.74, 6) is 0.765. The third kappa shape index (κ3) is 4.51. The minimum Gasteiger partial charge on any atom is -0.355 e. The Morgan fingerprint density at radius 1 is 1.47 bits per heavy atom. The first kappa shape index (κ1) is 14.8. The average molecular weight is 258 g/mol. The van der Waals surface area contributed by atoms with Gasteiger partial charge in [0.05, 0.1) is 0 Å². The maximum atomic E-state index is 11.8. The molecule has 0 aromatic rings. The molecule has 0 aromatic carbocycles. The molecule has 1 amide bonds. The number of amides is 1. The molecule has 1 saturated heterocycles. The molecule has 1 fully saturated rings. The Labute approximate surface area is 109 Å². The molecule has 0 radical (unpaired) electrons. The molecule has 1 aliphatic rings. The second-order valence-electron chi connectivity index (χ2n) is 4.93. The van der Waals surface area contributed by atoms with Crippen molar-refractivity contribution in [3.05, 3.63) is 0 Å². The van der Waals surface area contributed by atoms with Crippen LogP contribution in [0.15, 0.2) is 0 Å². The zero-order valence-corrected chi connectivity index (χ0v) is 12.2. The molecular formula is C13H26N2OS. The summed E-state index contributed by atoms with van der Waals surface area (Å²) in [4.78, 5) is 11.8.